The fourth-order valence-corrected chi connectivity index (χ4v) is 3.73. The molecule has 5 nitrogen and oxygen atoms in total. The van der Waals surface area contributed by atoms with Gasteiger partial charge in [-0.05, 0) is 42.7 Å². The van der Waals surface area contributed by atoms with E-state index < -0.39 is 0 Å². The van der Waals surface area contributed by atoms with Crippen molar-refractivity contribution in [1.29, 1.82) is 0 Å². The molecule has 0 aliphatic heterocycles. The minimum atomic E-state index is -0.214. The van der Waals surface area contributed by atoms with E-state index in [0.29, 0.717) is 18.0 Å². The van der Waals surface area contributed by atoms with Gasteiger partial charge in [-0.1, -0.05) is 37.1 Å². The van der Waals surface area contributed by atoms with E-state index in [1.54, 1.807) is 14.2 Å². The van der Waals surface area contributed by atoms with Gasteiger partial charge in [0.25, 0.3) is 0 Å². The molecular weight excluding hydrogens is 328 g/mol. The molecule has 138 valence electrons. The Balaban J connectivity index is 1.67. The van der Waals surface area contributed by atoms with Gasteiger partial charge in [0, 0.05) is 12.0 Å². The minimum Gasteiger partial charge on any atom is -0.497 e. The Bertz CT molecular complexity index is 737. The van der Waals surface area contributed by atoms with Crippen molar-refractivity contribution >= 4 is 11.7 Å². The molecule has 1 saturated carbocycles. The monoisotopic (exact) mass is 354 g/mol. The summed E-state index contributed by atoms with van der Waals surface area (Å²) < 4.78 is 10.5. The highest BCUT2D eigenvalue weighted by molar-refractivity contribution is 5.90. The molecule has 0 aromatic heterocycles. The number of benzene rings is 2. The number of urea groups is 1. The summed E-state index contributed by atoms with van der Waals surface area (Å²) in [5, 5.41) is 5.93. The van der Waals surface area contributed by atoms with Crippen LogP contribution in [0.1, 0.15) is 31.2 Å². The molecule has 2 amide bonds. The fourth-order valence-electron chi connectivity index (χ4n) is 3.73. The van der Waals surface area contributed by atoms with E-state index in [0.717, 1.165) is 18.6 Å². The average Bonchev–Trinajstić information content (AvgIpc) is 3.17. The van der Waals surface area contributed by atoms with Crippen molar-refractivity contribution in [3.05, 3.63) is 54.1 Å². The van der Waals surface area contributed by atoms with Crippen LogP contribution < -0.4 is 20.1 Å². The zero-order valence-corrected chi connectivity index (χ0v) is 15.4. The van der Waals surface area contributed by atoms with Crippen LogP contribution in [0.4, 0.5) is 10.5 Å². The number of hydrogen-bond donors (Lipinski definition) is 2. The molecule has 2 N–H and O–H groups in total. The Kier molecular flexibility index (Phi) is 5.66. The van der Waals surface area contributed by atoms with Gasteiger partial charge in [0.1, 0.15) is 11.5 Å². The van der Waals surface area contributed by atoms with E-state index in [1.165, 1.54) is 18.4 Å². The molecule has 0 radical (unpaired) electrons. The first-order valence-corrected chi connectivity index (χ1v) is 8.99. The number of methoxy groups -OCH3 is 2. The lowest BCUT2D eigenvalue weighted by Crippen LogP contribution is -2.40. The van der Waals surface area contributed by atoms with Gasteiger partial charge in [-0.25, -0.2) is 4.79 Å². The summed E-state index contributed by atoms with van der Waals surface area (Å²) in [7, 11) is 3.26. The molecule has 1 aliphatic rings. The smallest absolute Gasteiger partial charge is 0.319 e. The second-order valence-corrected chi connectivity index (χ2v) is 6.72. The van der Waals surface area contributed by atoms with Crippen LogP contribution in [-0.2, 0) is 5.41 Å². The Labute approximate surface area is 154 Å². The summed E-state index contributed by atoms with van der Waals surface area (Å²) in [6.45, 7) is 0.611. The summed E-state index contributed by atoms with van der Waals surface area (Å²) in [6, 6.07) is 15.4. The molecule has 1 fully saturated rings. The third-order valence-electron chi connectivity index (χ3n) is 5.21. The Morgan fingerprint density at radius 3 is 2.35 bits per heavy atom. The van der Waals surface area contributed by atoms with Crippen LogP contribution in [0.5, 0.6) is 11.5 Å². The first-order chi connectivity index (χ1) is 12.7. The summed E-state index contributed by atoms with van der Waals surface area (Å²) >= 11 is 0. The molecule has 3 rings (SSSR count). The van der Waals surface area contributed by atoms with E-state index >= 15 is 0 Å². The minimum absolute atomic E-state index is 0.00954. The van der Waals surface area contributed by atoms with E-state index in [1.807, 2.05) is 36.4 Å². The second-order valence-electron chi connectivity index (χ2n) is 6.72. The third-order valence-corrected chi connectivity index (χ3v) is 5.21. The lowest BCUT2D eigenvalue weighted by atomic mass is 9.79. The van der Waals surface area contributed by atoms with Crippen LogP contribution in [0.3, 0.4) is 0 Å². The van der Waals surface area contributed by atoms with Gasteiger partial charge < -0.3 is 20.1 Å². The van der Waals surface area contributed by atoms with Gasteiger partial charge in [-0.15, -0.1) is 0 Å². The van der Waals surface area contributed by atoms with E-state index in [4.69, 9.17) is 9.47 Å². The lowest BCUT2D eigenvalue weighted by molar-refractivity contribution is 0.248. The largest absolute Gasteiger partial charge is 0.497 e. The van der Waals surface area contributed by atoms with Crippen LogP contribution in [0.2, 0.25) is 0 Å². The van der Waals surface area contributed by atoms with Crippen molar-refractivity contribution in [2.24, 2.45) is 0 Å². The number of nitrogens with one attached hydrogen (secondary N) is 2. The molecule has 2 aromatic carbocycles. The lowest BCUT2D eigenvalue weighted by Gasteiger charge is -2.30. The number of carbonyl (C=O) groups excluding carboxylic acids is 1. The maximum absolute atomic E-state index is 12.4. The SMILES string of the molecule is COc1ccc(C2(CNC(=O)Nc3ccccc3OC)CCCC2)cc1. The predicted molar refractivity (Wildman–Crippen MR) is 103 cm³/mol. The van der Waals surface area contributed by atoms with Crippen molar-refractivity contribution in [2.75, 3.05) is 26.1 Å². The summed E-state index contributed by atoms with van der Waals surface area (Å²) in [6.07, 6.45) is 4.52. The highest BCUT2D eigenvalue weighted by atomic mass is 16.5. The average molecular weight is 354 g/mol. The standard InChI is InChI=1S/C21H26N2O3/c1-25-17-11-9-16(10-12-17)21(13-5-6-14-21)15-22-20(24)23-18-7-3-4-8-19(18)26-2/h3-4,7-12H,5-6,13-15H2,1-2H3,(H2,22,23,24). The van der Waals surface area contributed by atoms with Crippen LogP contribution in [0.25, 0.3) is 0 Å². The quantitative estimate of drug-likeness (QED) is 0.811. The number of amides is 2. The fraction of sp³-hybridized carbons (Fsp3) is 0.381. The van der Waals surface area contributed by atoms with Crippen molar-refractivity contribution < 1.29 is 14.3 Å². The first-order valence-electron chi connectivity index (χ1n) is 8.99. The predicted octanol–water partition coefficient (Wildman–Crippen LogP) is 4.34. The molecular formula is C21H26N2O3. The van der Waals surface area contributed by atoms with Gasteiger partial charge in [0.2, 0.25) is 0 Å². The summed E-state index contributed by atoms with van der Waals surface area (Å²) in [4.78, 5) is 12.4. The van der Waals surface area contributed by atoms with E-state index in [-0.39, 0.29) is 11.4 Å². The third kappa shape index (κ3) is 3.93. The number of hydrogen-bond acceptors (Lipinski definition) is 3. The highest BCUT2D eigenvalue weighted by Gasteiger charge is 2.35. The van der Waals surface area contributed by atoms with Gasteiger partial charge in [-0.2, -0.15) is 0 Å². The Morgan fingerprint density at radius 2 is 1.69 bits per heavy atom. The number of ether oxygens (including phenoxy) is 2. The molecule has 0 saturated heterocycles. The normalized spacial score (nSPS) is 15.3. The number of anilines is 1. The number of rotatable bonds is 6. The molecule has 0 unspecified atom stereocenters. The van der Waals surface area contributed by atoms with Crippen LogP contribution in [0.15, 0.2) is 48.5 Å². The van der Waals surface area contributed by atoms with Gasteiger partial charge in [0.05, 0.1) is 19.9 Å². The van der Waals surface area contributed by atoms with Crippen molar-refractivity contribution in [3.63, 3.8) is 0 Å². The van der Waals surface area contributed by atoms with Crippen molar-refractivity contribution in [3.8, 4) is 11.5 Å². The molecule has 1 aliphatic carbocycles. The van der Waals surface area contributed by atoms with Crippen molar-refractivity contribution in [2.45, 2.75) is 31.1 Å². The van der Waals surface area contributed by atoms with E-state index in [9.17, 15) is 4.79 Å². The molecule has 0 atom stereocenters. The summed E-state index contributed by atoms with van der Waals surface area (Å²) in [5.41, 5.74) is 1.91. The van der Waals surface area contributed by atoms with Gasteiger partial charge >= 0.3 is 6.03 Å². The number of carbonyl (C=O) groups is 1. The highest BCUT2D eigenvalue weighted by Crippen LogP contribution is 2.41. The van der Waals surface area contributed by atoms with E-state index in [2.05, 4.69) is 22.8 Å². The molecule has 0 spiro atoms. The van der Waals surface area contributed by atoms with Gasteiger partial charge in [-0.3, -0.25) is 0 Å². The molecule has 26 heavy (non-hydrogen) atoms. The molecule has 2 aromatic rings. The maximum atomic E-state index is 12.4. The Morgan fingerprint density at radius 1 is 1.00 bits per heavy atom. The molecule has 5 heteroatoms. The zero-order valence-electron chi connectivity index (χ0n) is 15.4. The Hall–Kier alpha value is -2.69. The second kappa shape index (κ2) is 8.13. The maximum Gasteiger partial charge on any atom is 0.319 e. The first kappa shape index (κ1) is 18.1. The summed E-state index contributed by atoms with van der Waals surface area (Å²) in [5.74, 6) is 1.50. The number of para-hydroxylation sites is 2. The van der Waals surface area contributed by atoms with Crippen molar-refractivity contribution in [1.82, 2.24) is 5.32 Å². The van der Waals surface area contributed by atoms with Crippen LogP contribution >= 0.6 is 0 Å². The topological polar surface area (TPSA) is 59.6 Å². The van der Waals surface area contributed by atoms with Crippen LogP contribution in [-0.4, -0.2) is 26.8 Å². The van der Waals surface area contributed by atoms with Crippen LogP contribution in [0, 0.1) is 0 Å². The zero-order chi connectivity index (χ0) is 18.4. The van der Waals surface area contributed by atoms with Gasteiger partial charge in [0.15, 0.2) is 0 Å². The molecule has 0 bridgehead atoms. The molecule has 0 heterocycles.